The lowest BCUT2D eigenvalue weighted by Crippen LogP contribution is -2.37. The van der Waals surface area contributed by atoms with Gasteiger partial charge in [-0.1, -0.05) is 0 Å². The summed E-state index contributed by atoms with van der Waals surface area (Å²) < 4.78 is 0.984. The van der Waals surface area contributed by atoms with Gasteiger partial charge in [-0.05, 0) is 48.4 Å². The summed E-state index contributed by atoms with van der Waals surface area (Å²) in [5, 5.41) is 0. The van der Waals surface area contributed by atoms with Gasteiger partial charge < -0.3 is 15.5 Å². The molecule has 2 heterocycles. The Morgan fingerprint density at radius 3 is 3.00 bits per heavy atom. The predicted molar refractivity (Wildman–Crippen MR) is 78.8 cm³/mol. The van der Waals surface area contributed by atoms with Crippen LogP contribution in [0.2, 0.25) is 0 Å². The van der Waals surface area contributed by atoms with Crippen LogP contribution in [0.1, 0.15) is 18.4 Å². The quantitative estimate of drug-likeness (QED) is 0.921. The maximum absolute atomic E-state index is 5.79. The summed E-state index contributed by atoms with van der Waals surface area (Å²) in [7, 11) is 4.30. The molecule has 1 aliphatic heterocycles. The average molecular weight is 313 g/mol. The number of aromatic nitrogens is 1. The lowest BCUT2D eigenvalue weighted by molar-refractivity contribution is 0.314. The summed E-state index contributed by atoms with van der Waals surface area (Å²) in [5.74, 6) is 1.00. The Labute approximate surface area is 117 Å². The summed E-state index contributed by atoms with van der Waals surface area (Å²) >= 11 is 3.44. The molecule has 5 heteroatoms. The molecular formula is C13H21BrN4. The molecule has 100 valence electrons. The monoisotopic (exact) mass is 312 g/mol. The van der Waals surface area contributed by atoms with E-state index in [4.69, 9.17) is 5.73 Å². The first-order chi connectivity index (χ1) is 8.61. The number of pyridine rings is 1. The molecule has 1 aromatic heterocycles. The minimum atomic E-state index is 0.520. The second-order valence-corrected chi connectivity index (χ2v) is 5.91. The molecular weight excluding hydrogens is 292 g/mol. The van der Waals surface area contributed by atoms with E-state index in [1.54, 1.807) is 0 Å². The first kappa shape index (κ1) is 13.8. The number of nitrogens with zero attached hydrogens (tertiary/aromatic N) is 3. The van der Waals surface area contributed by atoms with Crippen LogP contribution in [0, 0.1) is 0 Å². The third-order valence-electron chi connectivity index (χ3n) is 3.65. The topological polar surface area (TPSA) is 45.4 Å². The van der Waals surface area contributed by atoms with Gasteiger partial charge in [-0.3, -0.25) is 0 Å². The summed E-state index contributed by atoms with van der Waals surface area (Å²) in [5.41, 5.74) is 6.89. The van der Waals surface area contributed by atoms with Crippen molar-refractivity contribution in [2.24, 2.45) is 5.73 Å². The summed E-state index contributed by atoms with van der Waals surface area (Å²) in [6.07, 6.45) is 4.41. The van der Waals surface area contributed by atoms with E-state index in [2.05, 4.69) is 50.9 Å². The van der Waals surface area contributed by atoms with Gasteiger partial charge in [-0.15, -0.1) is 0 Å². The number of rotatable bonds is 4. The van der Waals surface area contributed by atoms with Gasteiger partial charge in [0, 0.05) is 42.4 Å². The van der Waals surface area contributed by atoms with Crippen LogP contribution in [0.3, 0.4) is 0 Å². The maximum atomic E-state index is 5.79. The molecule has 1 fully saturated rings. The van der Waals surface area contributed by atoms with E-state index in [1.165, 1.54) is 19.4 Å². The second-order valence-electron chi connectivity index (χ2n) is 5.00. The van der Waals surface area contributed by atoms with Crippen molar-refractivity contribution in [1.82, 2.24) is 9.88 Å². The van der Waals surface area contributed by atoms with Crippen LogP contribution in [-0.2, 0) is 6.54 Å². The first-order valence-corrected chi connectivity index (χ1v) is 7.17. The maximum Gasteiger partial charge on any atom is 0.132 e. The Morgan fingerprint density at radius 1 is 1.61 bits per heavy atom. The molecule has 18 heavy (non-hydrogen) atoms. The zero-order valence-corrected chi connectivity index (χ0v) is 12.7. The molecule has 2 N–H and O–H groups in total. The number of likely N-dealkylation sites (tertiary alicyclic amines) is 1. The van der Waals surface area contributed by atoms with Crippen molar-refractivity contribution < 1.29 is 0 Å². The summed E-state index contributed by atoms with van der Waals surface area (Å²) in [6, 6.07) is 2.68. The number of nitrogens with two attached hydrogens (primary N) is 1. The molecule has 0 saturated carbocycles. The fourth-order valence-electron chi connectivity index (χ4n) is 2.58. The van der Waals surface area contributed by atoms with Gasteiger partial charge in [-0.25, -0.2) is 4.98 Å². The Balaban J connectivity index is 2.10. The molecule has 0 spiro atoms. The van der Waals surface area contributed by atoms with Crippen molar-refractivity contribution in [2.75, 3.05) is 32.1 Å². The minimum absolute atomic E-state index is 0.520. The number of halogens is 1. The molecule has 2 rings (SSSR count). The van der Waals surface area contributed by atoms with E-state index < -0.39 is 0 Å². The highest BCUT2D eigenvalue weighted by molar-refractivity contribution is 9.10. The number of hydrogen-bond donors (Lipinski definition) is 1. The molecule has 1 aliphatic rings. The Kier molecular flexibility index (Phi) is 4.59. The van der Waals surface area contributed by atoms with Crippen molar-refractivity contribution in [2.45, 2.75) is 25.4 Å². The van der Waals surface area contributed by atoms with Crippen LogP contribution in [-0.4, -0.2) is 43.1 Å². The average Bonchev–Trinajstić information content (AvgIpc) is 2.74. The third-order valence-corrected chi connectivity index (χ3v) is 4.08. The SMILES string of the molecule is CN(CC1CCCN1C)c1ncc(Br)cc1CN. The highest BCUT2D eigenvalue weighted by Gasteiger charge is 2.23. The Morgan fingerprint density at radius 2 is 2.39 bits per heavy atom. The molecule has 4 nitrogen and oxygen atoms in total. The minimum Gasteiger partial charge on any atom is -0.358 e. The Hall–Kier alpha value is -0.650. The molecule has 0 bridgehead atoms. The highest BCUT2D eigenvalue weighted by atomic mass is 79.9. The number of anilines is 1. The molecule has 0 radical (unpaired) electrons. The molecule has 1 atom stereocenters. The van der Waals surface area contributed by atoms with Crippen LogP contribution < -0.4 is 10.6 Å². The zero-order valence-electron chi connectivity index (χ0n) is 11.1. The van der Waals surface area contributed by atoms with Crippen molar-refractivity contribution in [3.63, 3.8) is 0 Å². The standard InChI is InChI=1S/C13H21BrN4/c1-17-5-3-4-12(17)9-18(2)13-10(7-15)6-11(14)8-16-13/h6,8,12H,3-5,7,9,15H2,1-2H3. The second kappa shape index (κ2) is 5.99. The third kappa shape index (κ3) is 3.02. The molecule has 0 aliphatic carbocycles. The van der Waals surface area contributed by atoms with Crippen LogP contribution in [0.25, 0.3) is 0 Å². The molecule has 0 aromatic carbocycles. The van der Waals surface area contributed by atoms with Gasteiger partial charge in [0.2, 0.25) is 0 Å². The van der Waals surface area contributed by atoms with E-state index in [0.717, 1.165) is 22.4 Å². The fourth-order valence-corrected chi connectivity index (χ4v) is 2.96. The summed E-state index contributed by atoms with van der Waals surface area (Å²) in [6.45, 7) is 2.74. The van der Waals surface area contributed by atoms with Crippen LogP contribution >= 0.6 is 15.9 Å². The van der Waals surface area contributed by atoms with E-state index >= 15 is 0 Å². The van der Waals surface area contributed by atoms with Crippen LogP contribution in [0.4, 0.5) is 5.82 Å². The smallest absolute Gasteiger partial charge is 0.132 e. The van der Waals surface area contributed by atoms with Crippen molar-refractivity contribution in [1.29, 1.82) is 0 Å². The van der Waals surface area contributed by atoms with Crippen molar-refractivity contribution in [3.8, 4) is 0 Å². The largest absolute Gasteiger partial charge is 0.358 e. The molecule has 1 aromatic rings. The van der Waals surface area contributed by atoms with Gasteiger partial charge in [0.25, 0.3) is 0 Å². The predicted octanol–water partition coefficient (Wildman–Crippen LogP) is 1.83. The van der Waals surface area contributed by atoms with E-state index in [1.807, 2.05) is 6.20 Å². The van der Waals surface area contributed by atoms with Gasteiger partial charge in [-0.2, -0.15) is 0 Å². The molecule has 0 amide bonds. The number of hydrogen-bond acceptors (Lipinski definition) is 4. The van der Waals surface area contributed by atoms with Gasteiger partial charge in [0.15, 0.2) is 0 Å². The molecule has 1 unspecified atom stereocenters. The van der Waals surface area contributed by atoms with E-state index in [9.17, 15) is 0 Å². The van der Waals surface area contributed by atoms with Crippen molar-refractivity contribution in [3.05, 3.63) is 22.3 Å². The molecule has 1 saturated heterocycles. The number of likely N-dealkylation sites (N-methyl/N-ethyl adjacent to an activating group) is 2. The lowest BCUT2D eigenvalue weighted by Gasteiger charge is -2.27. The highest BCUT2D eigenvalue weighted by Crippen LogP contribution is 2.23. The van der Waals surface area contributed by atoms with Crippen LogP contribution in [0.5, 0.6) is 0 Å². The zero-order chi connectivity index (χ0) is 13.1. The fraction of sp³-hybridized carbons (Fsp3) is 0.615. The van der Waals surface area contributed by atoms with E-state index in [-0.39, 0.29) is 0 Å². The lowest BCUT2D eigenvalue weighted by atomic mass is 10.2. The normalized spacial score (nSPS) is 20.3. The first-order valence-electron chi connectivity index (χ1n) is 6.37. The van der Waals surface area contributed by atoms with Crippen molar-refractivity contribution >= 4 is 21.7 Å². The Bertz CT molecular complexity index is 410. The van der Waals surface area contributed by atoms with Crippen LogP contribution in [0.15, 0.2) is 16.7 Å². The summed E-state index contributed by atoms with van der Waals surface area (Å²) in [4.78, 5) is 9.15. The van der Waals surface area contributed by atoms with Gasteiger partial charge in [0.05, 0.1) is 0 Å². The van der Waals surface area contributed by atoms with Gasteiger partial charge in [0.1, 0.15) is 5.82 Å². The van der Waals surface area contributed by atoms with E-state index in [0.29, 0.717) is 12.6 Å². The van der Waals surface area contributed by atoms with Gasteiger partial charge >= 0.3 is 0 Å².